The number of para-hydroxylation sites is 1. The topological polar surface area (TPSA) is 64.2 Å². The first kappa shape index (κ1) is 18.8. The molecule has 6 heteroatoms. The van der Waals surface area contributed by atoms with Gasteiger partial charge in [-0.3, -0.25) is 9.78 Å². The molecule has 0 aliphatic heterocycles. The van der Waals surface area contributed by atoms with E-state index in [9.17, 15) is 4.79 Å². The number of carbonyl (C=O) groups excluding carboxylic acids is 1. The third-order valence-electron chi connectivity index (χ3n) is 5.19. The third-order valence-corrected chi connectivity index (χ3v) is 5.19. The minimum Gasteiger partial charge on any atom is -0.352 e. The zero-order chi connectivity index (χ0) is 21.0. The van der Waals surface area contributed by atoms with Gasteiger partial charge < -0.3 is 9.72 Å². The van der Waals surface area contributed by atoms with Crippen molar-refractivity contribution in [1.82, 2.24) is 24.5 Å². The Morgan fingerprint density at radius 2 is 1.74 bits per heavy atom. The summed E-state index contributed by atoms with van der Waals surface area (Å²) in [5.41, 5.74) is 5.10. The fourth-order valence-electron chi connectivity index (χ4n) is 3.66. The van der Waals surface area contributed by atoms with E-state index >= 15 is 0 Å². The van der Waals surface area contributed by atoms with Crippen LogP contribution in [0.15, 0.2) is 97.5 Å². The monoisotopic (exact) mass is 407 g/mol. The Morgan fingerprint density at radius 1 is 0.903 bits per heavy atom. The minimum atomic E-state index is -0.103. The molecule has 1 N–H and O–H groups in total. The van der Waals surface area contributed by atoms with Crippen LogP contribution in [0.1, 0.15) is 16.1 Å². The van der Waals surface area contributed by atoms with Crippen molar-refractivity contribution in [3.05, 3.63) is 109 Å². The molecular weight excluding hydrogens is 386 g/mol. The van der Waals surface area contributed by atoms with Crippen LogP contribution in [0.3, 0.4) is 0 Å². The van der Waals surface area contributed by atoms with Crippen LogP contribution < -0.4 is 5.32 Å². The van der Waals surface area contributed by atoms with Crippen LogP contribution in [0.4, 0.5) is 0 Å². The highest BCUT2D eigenvalue weighted by Crippen LogP contribution is 2.25. The maximum Gasteiger partial charge on any atom is 0.253 e. The van der Waals surface area contributed by atoms with Crippen molar-refractivity contribution in [2.75, 3.05) is 6.54 Å². The van der Waals surface area contributed by atoms with Gasteiger partial charge >= 0.3 is 0 Å². The summed E-state index contributed by atoms with van der Waals surface area (Å²) in [5.74, 6) is -0.103. The quantitative estimate of drug-likeness (QED) is 0.460. The van der Waals surface area contributed by atoms with Gasteiger partial charge in [0.05, 0.1) is 22.5 Å². The highest BCUT2D eigenvalue weighted by atomic mass is 16.1. The van der Waals surface area contributed by atoms with E-state index in [1.54, 1.807) is 6.20 Å². The number of benzene rings is 1. The number of fused-ring (bicyclic) bond motifs is 1. The summed E-state index contributed by atoms with van der Waals surface area (Å²) < 4.78 is 3.84. The molecule has 0 unspecified atom stereocenters. The number of pyridine rings is 2. The lowest BCUT2D eigenvalue weighted by atomic mass is 10.2. The Morgan fingerprint density at radius 3 is 2.58 bits per heavy atom. The lowest BCUT2D eigenvalue weighted by Gasteiger charge is -2.04. The van der Waals surface area contributed by atoms with E-state index in [-0.39, 0.29) is 5.91 Å². The lowest BCUT2D eigenvalue weighted by Crippen LogP contribution is -2.25. The molecule has 0 saturated carbocycles. The van der Waals surface area contributed by atoms with Gasteiger partial charge in [0.1, 0.15) is 5.69 Å². The molecule has 5 aromatic rings. The number of hydrogen-bond acceptors (Lipinski definition) is 3. The van der Waals surface area contributed by atoms with Crippen LogP contribution in [0.25, 0.3) is 22.6 Å². The van der Waals surface area contributed by atoms with Gasteiger partial charge in [0.15, 0.2) is 0 Å². The van der Waals surface area contributed by atoms with E-state index in [1.165, 1.54) is 0 Å². The fraction of sp³-hybridized carbons (Fsp3) is 0.0800. The summed E-state index contributed by atoms with van der Waals surface area (Å²) in [7, 11) is 0. The molecule has 4 aromatic heterocycles. The summed E-state index contributed by atoms with van der Waals surface area (Å²) in [5, 5.41) is 7.75. The Bertz CT molecular complexity index is 1320. The average molecular weight is 407 g/mol. The summed E-state index contributed by atoms with van der Waals surface area (Å²) in [6.07, 6.45) is 6.34. The van der Waals surface area contributed by atoms with Gasteiger partial charge in [0.2, 0.25) is 0 Å². The minimum absolute atomic E-state index is 0.103. The molecule has 4 heterocycles. The smallest absolute Gasteiger partial charge is 0.253 e. The second-order valence-electron chi connectivity index (χ2n) is 7.21. The van der Waals surface area contributed by atoms with Gasteiger partial charge in [-0.25, -0.2) is 4.68 Å². The number of hydrogen-bond donors (Lipinski definition) is 1. The maximum absolute atomic E-state index is 12.9. The molecule has 0 fully saturated rings. The molecule has 6 nitrogen and oxygen atoms in total. The van der Waals surface area contributed by atoms with E-state index in [4.69, 9.17) is 5.10 Å². The first-order chi connectivity index (χ1) is 15.3. The zero-order valence-electron chi connectivity index (χ0n) is 16.8. The molecular formula is C25H21N5O. The highest BCUT2D eigenvalue weighted by molar-refractivity contribution is 6.02. The Labute approximate surface area is 179 Å². The van der Waals surface area contributed by atoms with Crippen LogP contribution in [0, 0.1) is 0 Å². The Kier molecular flexibility index (Phi) is 5.02. The van der Waals surface area contributed by atoms with Crippen molar-refractivity contribution in [2.24, 2.45) is 0 Å². The predicted octanol–water partition coefficient (Wildman–Crippen LogP) is 4.16. The SMILES string of the molecule is O=C(NCCc1ccccn1)c1cc(-c2ccn(-c3ccccc3)n2)n2ccccc12. The zero-order valence-corrected chi connectivity index (χ0v) is 16.8. The van der Waals surface area contributed by atoms with Gasteiger partial charge in [0, 0.05) is 37.3 Å². The normalized spacial score (nSPS) is 11.0. The molecule has 152 valence electrons. The van der Waals surface area contributed by atoms with Crippen LogP contribution in [-0.4, -0.2) is 31.6 Å². The molecule has 1 aromatic carbocycles. The standard InChI is InChI=1S/C25H21N5O/c31-25(27-15-12-19-8-4-6-14-26-19)21-18-24(29-16-7-5-11-23(21)29)22-13-17-30(28-22)20-9-2-1-3-10-20/h1-11,13-14,16-18H,12,15H2,(H,27,31). The summed E-state index contributed by atoms with van der Waals surface area (Å²) in [6, 6.07) is 25.5. The Balaban J connectivity index is 1.42. The van der Waals surface area contributed by atoms with E-state index in [0.717, 1.165) is 28.3 Å². The molecule has 0 aliphatic carbocycles. The lowest BCUT2D eigenvalue weighted by molar-refractivity contribution is 0.0956. The van der Waals surface area contributed by atoms with Crippen LogP contribution >= 0.6 is 0 Å². The molecule has 0 spiro atoms. The second-order valence-corrected chi connectivity index (χ2v) is 7.21. The number of amides is 1. The third kappa shape index (κ3) is 3.83. The van der Waals surface area contributed by atoms with Gasteiger partial charge in [0.25, 0.3) is 5.91 Å². The van der Waals surface area contributed by atoms with E-state index in [2.05, 4.69) is 10.3 Å². The molecule has 1 amide bonds. The van der Waals surface area contributed by atoms with Crippen molar-refractivity contribution in [3.63, 3.8) is 0 Å². The summed E-state index contributed by atoms with van der Waals surface area (Å²) >= 11 is 0. The van der Waals surface area contributed by atoms with Crippen molar-refractivity contribution < 1.29 is 4.79 Å². The van der Waals surface area contributed by atoms with Crippen molar-refractivity contribution in [3.8, 4) is 17.1 Å². The maximum atomic E-state index is 12.9. The fourth-order valence-corrected chi connectivity index (χ4v) is 3.66. The molecule has 31 heavy (non-hydrogen) atoms. The largest absolute Gasteiger partial charge is 0.352 e. The number of rotatable bonds is 6. The Hall–Kier alpha value is -4.19. The molecule has 5 rings (SSSR count). The second kappa shape index (κ2) is 8.28. The van der Waals surface area contributed by atoms with E-state index < -0.39 is 0 Å². The predicted molar refractivity (Wildman–Crippen MR) is 120 cm³/mol. The van der Waals surface area contributed by atoms with Crippen LogP contribution in [-0.2, 0) is 6.42 Å². The number of nitrogens with one attached hydrogen (secondary N) is 1. The highest BCUT2D eigenvalue weighted by Gasteiger charge is 2.17. The average Bonchev–Trinajstić information content (AvgIpc) is 3.46. The van der Waals surface area contributed by atoms with E-state index in [0.29, 0.717) is 18.5 Å². The molecule has 0 atom stereocenters. The molecule has 0 radical (unpaired) electrons. The summed E-state index contributed by atoms with van der Waals surface area (Å²) in [6.45, 7) is 0.526. The van der Waals surface area contributed by atoms with Crippen LogP contribution in [0.5, 0.6) is 0 Å². The van der Waals surface area contributed by atoms with Crippen molar-refractivity contribution in [2.45, 2.75) is 6.42 Å². The first-order valence-electron chi connectivity index (χ1n) is 10.2. The van der Waals surface area contributed by atoms with E-state index in [1.807, 2.05) is 100 Å². The van der Waals surface area contributed by atoms with Crippen molar-refractivity contribution in [1.29, 1.82) is 0 Å². The number of nitrogens with zero attached hydrogens (tertiary/aromatic N) is 4. The summed E-state index contributed by atoms with van der Waals surface area (Å²) in [4.78, 5) is 17.3. The first-order valence-corrected chi connectivity index (χ1v) is 10.2. The van der Waals surface area contributed by atoms with Gasteiger partial charge in [-0.1, -0.05) is 30.3 Å². The van der Waals surface area contributed by atoms with Crippen LogP contribution in [0.2, 0.25) is 0 Å². The van der Waals surface area contributed by atoms with Gasteiger partial charge in [-0.15, -0.1) is 0 Å². The molecule has 0 aliphatic rings. The number of aromatic nitrogens is 4. The van der Waals surface area contributed by atoms with Gasteiger partial charge in [-0.2, -0.15) is 5.10 Å². The van der Waals surface area contributed by atoms with Crippen molar-refractivity contribution >= 4 is 11.4 Å². The number of carbonyl (C=O) groups is 1. The molecule has 0 bridgehead atoms. The van der Waals surface area contributed by atoms with Gasteiger partial charge in [-0.05, 0) is 48.5 Å². The molecule has 0 saturated heterocycles.